The zero-order valence-electron chi connectivity index (χ0n) is 11.1. The van der Waals surface area contributed by atoms with E-state index in [9.17, 15) is 25.4 Å². The van der Waals surface area contributed by atoms with Crippen molar-refractivity contribution in [3.8, 4) is 5.75 Å². The lowest BCUT2D eigenvalue weighted by atomic mass is 9.96. The van der Waals surface area contributed by atoms with E-state index >= 15 is 0 Å². The zero-order valence-corrected chi connectivity index (χ0v) is 11.8. The number of aliphatic hydroxyl groups excluding tert-OH is 3. The number of hydrogen-bond donors (Lipinski definition) is 4. The molecule has 1 aromatic rings. The summed E-state index contributed by atoms with van der Waals surface area (Å²) in [7, 11) is 0. The summed E-state index contributed by atoms with van der Waals surface area (Å²) in [6, 6.07) is 7.32. The molecule has 5 atom stereocenters. The fourth-order valence-corrected chi connectivity index (χ4v) is 2.35. The number of aliphatic hydroxyl groups is 4. The minimum Gasteiger partial charge on any atom is -0.402 e. The molecular weight excluding hydrogens is 322 g/mol. The van der Waals surface area contributed by atoms with Gasteiger partial charge in [0.2, 0.25) is 0 Å². The van der Waals surface area contributed by atoms with Crippen LogP contribution in [-0.4, -0.2) is 61.2 Å². The van der Waals surface area contributed by atoms with Crippen LogP contribution in [0.5, 0.6) is 5.75 Å². The molecule has 0 unspecified atom stereocenters. The molecule has 0 saturated carbocycles. The van der Waals surface area contributed by atoms with E-state index in [1.54, 1.807) is 6.07 Å². The molecule has 22 heavy (non-hydrogen) atoms. The first-order valence-corrected chi connectivity index (χ1v) is 6.58. The molecule has 9 nitrogen and oxygen atoms in total. The molecule has 0 amide bonds. The highest BCUT2D eigenvalue weighted by atomic mass is 35.5. The monoisotopic (exact) mass is 335 g/mol. The van der Waals surface area contributed by atoms with Gasteiger partial charge in [0, 0.05) is 0 Å². The minimum atomic E-state index is -3.12. The fraction of sp³-hybridized carbons (Fsp3) is 0.500. The highest BCUT2D eigenvalue weighted by molar-refractivity contribution is 6.23. The van der Waals surface area contributed by atoms with Crippen molar-refractivity contribution in [3.05, 3.63) is 40.4 Å². The molecule has 1 fully saturated rings. The molecule has 1 aromatic carbocycles. The average molecular weight is 336 g/mol. The van der Waals surface area contributed by atoms with Crippen molar-refractivity contribution in [2.75, 3.05) is 6.61 Å². The topological polar surface area (TPSA) is 143 Å². The van der Waals surface area contributed by atoms with Crippen molar-refractivity contribution in [1.82, 2.24) is 0 Å². The lowest BCUT2D eigenvalue weighted by molar-refractivity contribution is -0.711. The smallest absolute Gasteiger partial charge is 0.402 e. The minimum absolute atomic E-state index is 0.0708. The number of nitrogens with zero attached hydrogens (tertiary/aromatic N) is 1. The van der Waals surface area contributed by atoms with Gasteiger partial charge in [-0.25, -0.2) is 0 Å². The van der Waals surface area contributed by atoms with Gasteiger partial charge < -0.3 is 25.2 Å². The number of rotatable bonds is 4. The van der Waals surface area contributed by atoms with E-state index in [0.717, 1.165) is 0 Å². The van der Waals surface area contributed by atoms with Crippen LogP contribution in [0.25, 0.3) is 0 Å². The van der Waals surface area contributed by atoms with Gasteiger partial charge in [0.05, 0.1) is 6.61 Å². The molecule has 0 aromatic heterocycles. The molecule has 2 rings (SSSR count). The number of nitro groups is 1. The van der Waals surface area contributed by atoms with E-state index in [4.69, 9.17) is 26.2 Å². The van der Waals surface area contributed by atoms with E-state index in [1.807, 2.05) is 0 Å². The Labute approximate surface area is 129 Å². The number of benzene rings is 1. The fourth-order valence-electron chi connectivity index (χ4n) is 2.07. The van der Waals surface area contributed by atoms with Gasteiger partial charge in [-0.15, -0.1) is 0 Å². The second kappa shape index (κ2) is 5.95. The predicted octanol–water partition coefficient (Wildman–Crippen LogP) is -0.964. The molecule has 0 aliphatic carbocycles. The van der Waals surface area contributed by atoms with Crippen molar-refractivity contribution in [3.63, 3.8) is 0 Å². The summed E-state index contributed by atoms with van der Waals surface area (Å²) >= 11 is 5.68. The highest BCUT2D eigenvalue weighted by Gasteiger charge is 2.75. The second-order valence-corrected chi connectivity index (χ2v) is 5.28. The lowest BCUT2D eigenvalue weighted by Gasteiger charge is -2.45. The van der Waals surface area contributed by atoms with E-state index in [2.05, 4.69) is 0 Å². The SMILES string of the molecule is O=[N+]([O-])[C@@]1(Oc2ccccc2)O[C@H](CO)[C@@H](O)[C@H](O)[C@]1(O)Cl. The van der Waals surface area contributed by atoms with Gasteiger partial charge in [-0.1, -0.05) is 29.8 Å². The molecule has 0 bridgehead atoms. The van der Waals surface area contributed by atoms with Gasteiger partial charge in [0.15, 0.2) is 0 Å². The number of halogens is 1. The van der Waals surface area contributed by atoms with E-state index in [1.165, 1.54) is 24.3 Å². The maximum Gasteiger partial charge on any atom is 0.531 e. The molecule has 10 heteroatoms. The van der Waals surface area contributed by atoms with Crippen LogP contribution in [0.2, 0.25) is 0 Å². The van der Waals surface area contributed by atoms with Crippen molar-refractivity contribution >= 4 is 11.6 Å². The summed E-state index contributed by atoms with van der Waals surface area (Å²) in [6.45, 7) is -0.862. The van der Waals surface area contributed by atoms with E-state index in [-0.39, 0.29) is 5.75 Å². The van der Waals surface area contributed by atoms with Crippen LogP contribution in [-0.2, 0) is 4.74 Å². The van der Waals surface area contributed by atoms with Crippen LogP contribution >= 0.6 is 11.6 Å². The first kappa shape index (κ1) is 16.9. The van der Waals surface area contributed by atoms with Gasteiger partial charge >= 0.3 is 11.0 Å². The Hall–Kier alpha value is -1.49. The summed E-state index contributed by atoms with van der Waals surface area (Å²) in [5, 5.41) is 47.2. The largest absolute Gasteiger partial charge is 0.531 e. The Bertz CT molecular complexity index is 541. The van der Waals surface area contributed by atoms with Crippen LogP contribution in [0.1, 0.15) is 0 Å². The molecule has 4 N–H and O–H groups in total. The number of ether oxygens (including phenoxy) is 2. The predicted molar refractivity (Wildman–Crippen MR) is 71.6 cm³/mol. The molecule has 122 valence electrons. The van der Waals surface area contributed by atoms with Crippen molar-refractivity contribution in [2.45, 2.75) is 29.3 Å². The Morgan fingerprint density at radius 1 is 1.36 bits per heavy atom. The molecule has 1 saturated heterocycles. The molecule has 1 aliphatic rings. The maximum atomic E-state index is 11.4. The summed E-state index contributed by atoms with van der Waals surface area (Å²) in [6.07, 6.45) is -5.63. The third kappa shape index (κ3) is 2.51. The summed E-state index contributed by atoms with van der Waals surface area (Å²) in [5.74, 6) is -3.19. The highest BCUT2D eigenvalue weighted by Crippen LogP contribution is 2.42. The van der Waals surface area contributed by atoms with Gasteiger partial charge in [-0.3, -0.25) is 14.9 Å². The van der Waals surface area contributed by atoms with Gasteiger partial charge in [0.1, 0.15) is 29.0 Å². The Balaban J connectivity index is 2.49. The summed E-state index contributed by atoms with van der Waals surface area (Å²) < 4.78 is 10.0. The van der Waals surface area contributed by atoms with Crippen LogP contribution in [0, 0.1) is 10.1 Å². The number of para-hydroxylation sites is 1. The van der Waals surface area contributed by atoms with Crippen LogP contribution in [0.15, 0.2) is 30.3 Å². The standard InChI is InChI=1S/C12H14ClNO8/c13-11(18)10(17)9(16)8(6-15)22-12(11,14(19)20)21-7-4-2-1-3-5-7/h1-5,8-10,15-18H,6H2/t8-,9-,10+,11-,12+/m1/s1. The number of alkyl halides is 1. The van der Waals surface area contributed by atoms with Crippen molar-refractivity contribution in [2.24, 2.45) is 0 Å². The summed E-state index contributed by atoms with van der Waals surface area (Å²) in [4.78, 5) is 10.3. The van der Waals surface area contributed by atoms with Gasteiger partial charge in [0.25, 0.3) is 0 Å². The Morgan fingerprint density at radius 2 is 1.95 bits per heavy atom. The van der Waals surface area contributed by atoms with Gasteiger partial charge in [-0.2, -0.15) is 0 Å². The van der Waals surface area contributed by atoms with E-state index in [0.29, 0.717) is 0 Å². The third-order valence-electron chi connectivity index (χ3n) is 3.27. The van der Waals surface area contributed by atoms with Crippen molar-refractivity contribution < 1.29 is 34.8 Å². The van der Waals surface area contributed by atoms with Crippen LogP contribution in [0.3, 0.4) is 0 Å². The third-order valence-corrected chi connectivity index (χ3v) is 3.73. The molecule has 1 heterocycles. The second-order valence-electron chi connectivity index (χ2n) is 4.70. The molecule has 0 spiro atoms. The molecule has 1 aliphatic heterocycles. The Morgan fingerprint density at radius 3 is 2.45 bits per heavy atom. The summed E-state index contributed by atoms with van der Waals surface area (Å²) in [5.41, 5.74) is 0. The number of hydrogen-bond acceptors (Lipinski definition) is 8. The Kier molecular flexibility index (Phi) is 4.57. The van der Waals surface area contributed by atoms with Crippen LogP contribution in [0.4, 0.5) is 0 Å². The first-order chi connectivity index (χ1) is 10.3. The average Bonchev–Trinajstić information content (AvgIpc) is 2.49. The van der Waals surface area contributed by atoms with E-state index < -0.39 is 40.8 Å². The molecule has 0 radical (unpaired) electrons. The maximum absolute atomic E-state index is 11.4. The van der Waals surface area contributed by atoms with Crippen molar-refractivity contribution in [1.29, 1.82) is 0 Å². The van der Waals surface area contributed by atoms with Gasteiger partial charge in [-0.05, 0) is 12.1 Å². The lowest BCUT2D eigenvalue weighted by Crippen LogP contribution is -2.75. The normalized spacial score (nSPS) is 38.5. The first-order valence-electron chi connectivity index (χ1n) is 6.21. The quantitative estimate of drug-likeness (QED) is 0.238. The van der Waals surface area contributed by atoms with Crippen LogP contribution < -0.4 is 4.74 Å². The zero-order chi connectivity index (χ0) is 16.5. The molecular formula is C12H14ClNO8.